The molecule has 1 aromatic heterocycles. The summed E-state index contributed by atoms with van der Waals surface area (Å²) in [6.45, 7) is 0.207. The van der Waals surface area contributed by atoms with Gasteiger partial charge < -0.3 is 9.84 Å². The molecule has 1 N–H and O–H groups in total. The number of benzene rings is 3. The van der Waals surface area contributed by atoms with Gasteiger partial charge in [-0.3, -0.25) is 0 Å². The van der Waals surface area contributed by atoms with Crippen LogP contribution in [-0.2, 0) is 18.6 Å². The van der Waals surface area contributed by atoms with E-state index in [1.807, 2.05) is 30.3 Å². The largest absolute Gasteiger partial charge is 0.457 e. The minimum Gasteiger partial charge on any atom is -0.457 e. The van der Waals surface area contributed by atoms with E-state index in [0.29, 0.717) is 33.5 Å². The van der Waals surface area contributed by atoms with Crippen LogP contribution in [0.4, 0.5) is 0 Å². The molecule has 0 aliphatic heterocycles. The fourth-order valence-corrected chi connectivity index (χ4v) is 3.80. The van der Waals surface area contributed by atoms with Gasteiger partial charge in [0.05, 0.1) is 11.6 Å². The summed E-state index contributed by atoms with van der Waals surface area (Å²) < 4.78 is 7.45. The molecule has 0 bridgehead atoms. The van der Waals surface area contributed by atoms with Crippen LogP contribution in [0.15, 0.2) is 85.5 Å². The van der Waals surface area contributed by atoms with Crippen molar-refractivity contribution in [3.05, 3.63) is 107 Å². The van der Waals surface area contributed by atoms with Crippen LogP contribution in [0.5, 0.6) is 11.5 Å². The Labute approximate surface area is 184 Å². The predicted octanol–water partition coefficient (Wildman–Crippen LogP) is 5.51. The maximum absolute atomic E-state index is 11.7. The van der Waals surface area contributed by atoms with Crippen molar-refractivity contribution in [1.29, 1.82) is 0 Å². The molecule has 0 spiro atoms. The highest BCUT2D eigenvalue weighted by atomic mass is 35.5. The Balaban J connectivity index is 1.64. The van der Waals surface area contributed by atoms with Crippen LogP contribution in [0.3, 0.4) is 0 Å². The molecule has 0 saturated carbocycles. The molecular formula is C23H19Cl2N3O2. The summed E-state index contributed by atoms with van der Waals surface area (Å²) in [6.07, 6.45) is 3.38. The molecule has 0 radical (unpaired) electrons. The maximum atomic E-state index is 11.7. The molecule has 5 nitrogen and oxygen atoms in total. The van der Waals surface area contributed by atoms with Gasteiger partial charge in [-0.05, 0) is 42.0 Å². The molecule has 0 aliphatic rings. The number of hydrogen-bond donors (Lipinski definition) is 1. The minimum absolute atomic E-state index is 0.207. The van der Waals surface area contributed by atoms with E-state index >= 15 is 0 Å². The van der Waals surface area contributed by atoms with Crippen LogP contribution in [0.2, 0.25) is 10.0 Å². The summed E-state index contributed by atoms with van der Waals surface area (Å²) in [5.74, 6) is 1.21. The van der Waals surface area contributed by atoms with Gasteiger partial charge >= 0.3 is 0 Å². The lowest BCUT2D eigenvalue weighted by molar-refractivity contribution is 0.0151. The number of aromatic nitrogens is 3. The van der Waals surface area contributed by atoms with Gasteiger partial charge in [0.2, 0.25) is 0 Å². The summed E-state index contributed by atoms with van der Waals surface area (Å²) in [6, 6.07) is 22.1. The number of aliphatic hydroxyl groups is 1. The van der Waals surface area contributed by atoms with Crippen LogP contribution >= 0.6 is 23.2 Å². The Bertz CT molecular complexity index is 1100. The molecule has 0 saturated heterocycles. The first-order valence-corrected chi connectivity index (χ1v) is 10.1. The average molecular weight is 440 g/mol. The Hall–Kier alpha value is -2.86. The molecular weight excluding hydrogens is 421 g/mol. The van der Waals surface area contributed by atoms with Crippen molar-refractivity contribution in [3.8, 4) is 11.5 Å². The molecule has 1 unspecified atom stereocenters. The van der Waals surface area contributed by atoms with Crippen molar-refractivity contribution in [2.24, 2.45) is 0 Å². The van der Waals surface area contributed by atoms with Crippen LogP contribution in [0.25, 0.3) is 0 Å². The van der Waals surface area contributed by atoms with Crippen molar-refractivity contribution in [3.63, 3.8) is 0 Å². The van der Waals surface area contributed by atoms with E-state index in [1.54, 1.807) is 53.5 Å². The van der Waals surface area contributed by atoms with E-state index in [4.69, 9.17) is 27.9 Å². The normalized spacial score (nSPS) is 13.0. The lowest BCUT2D eigenvalue weighted by Crippen LogP contribution is -2.34. The fourth-order valence-electron chi connectivity index (χ4n) is 3.33. The number of ether oxygens (including phenoxy) is 1. The van der Waals surface area contributed by atoms with Gasteiger partial charge in [-0.15, -0.1) is 0 Å². The molecule has 0 amide bonds. The zero-order chi connectivity index (χ0) is 21.0. The summed E-state index contributed by atoms with van der Waals surface area (Å²) in [5, 5.41) is 16.9. The van der Waals surface area contributed by atoms with Crippen molar-refractivity contribution < 1.29 is 9.84 Å². The van der Waals surface area contributed by atoms with Gasteiger partial charge in [-0.25, -0.2) is 9.67 Å². The van der Waals surface area contributed by atoms with Gasteiger partial charge in [0.1, 0.15) is 29.8 Å². The van der Waals surface area contributed by atoms with Crippen molar-refractivity contribution in [2.75, 3.05) is 0 Å². The first-order chi connectivity index (χ1) is 14.5. The highest BCUT2D eigenvalue weighted by Crippen LogP contribution is 2.36. The molecule has 30 heavy (non-hydrogen) atoms. The molecule has 1 atom stereocenters. The molecule has 4 rings (SSSR count). The summed E-state index contributed by atoms with van der Waals surface area (Å²) in [7, 11) is 0. The Morgan fingerprint density at radius 3 is 2.33 bits per heavy atom. The van der Waals surface area contributed by atoms with Crippen molar-refractivity contribution >= 4 is 23.2 Å². The molecule has 4 aromatic rings. The highest BCUT2D eigenvalue weighted by Gasteiger charge is 2.33. The Kier molecular flexibility index (Phi) is 6.04. The van der Waals surface area contributed by atoms with E-state index in [9.17, 15) is 5.11 Å². The van der Waals surface area contributed by atoms with Gasteiger partial charge in [0.15, 0.2) is 0 Å². The van der Waals surface area contributed by atoms with Gasteiger partial charge in [-0.1, -0.05) is 59.6 Å². The average Bonchev–Trinajstić information content (AvgIpc) is 3.23. The second-order valence-electron chi connectivity index (χ2n) is 6.98. The summed E-state index contributed by atoms with van der Waals surface area (Å²) in [5.41, 5.74) is 0.287. The summed E-state index contributed by atoms with van der Waals surface area (Å²) >= 11 is 12.5. The van der Waals surface area contributed by atoms with Gasteiger partial charge in [-0.2, -0.15) is 5.10 Å². The quantitative estimate of drug-likeness (QED) is 0.412. The standard InChI is InChI=1S/C23H19Cl2N3O2/c24-18-6-8-19(9-7-18)30-20-10-11-21(22(25)12-20)23(29,14-28-16-26-15-27-28)13-17-4-2-1-3-5-17/h1-12,15-16,29H,13-14H2. The zero-order valence-corrected chi connectivity index (χ0v) is 17.5. The van der Waals surface area contributed by atoms with Crippen molar-refractivity contribution in [1.82, 2.24) is 14.8 Å². The molecule has 1 heterocycles. The highest BCUT2D eigenvalue weighted by molar-refractivity contribution is 6.31. The summed E-state index contributed by atoms with van der Waals surface area (Å²) in [4.78, 5) is 3.97. The number of halogens is 2. The number of hydrogen-bond acceptors (Lipinski definition) is 4. The lowest BCUT2D eigenvalue weighted by Gasteiger charge is -2.30. The number of rotatable bonds is 7. The van der Waals surface area contributed by atoms with Gasteiger partial charge in [0, 0.05) is 17.0 Å². The Morgan fingerprint density at radius 2 is 1.67 bits per heavy atom. The zero-order valence-electron chi connectivity index (χ0n) is 16.0. The first kappa shape index (κ1) is 20.4. The third-order valence-electron chi connectivity index (χ3n) is 4.72. The topological polar surface area (TPSA) is 60.2 Å². The second kappa shape index (κ2) is 8.88. The third kappa shape index (κ3) is 4.82. The van der Waals surface area contributed by atoms with E-state index in [2.05, 4.69) is 10.1 Å². The smallest absolute Gasteiger partial charge is 0.137 e. The molecule has 0 fully saturated rings. The molecule has 7 heteroatoms. The molecule has 0 aliphatic carbocycles. The maximum Gasteiger partial charge on any atom is 0.137 e. The van der Waals surface area contributed by atoms with Crippen molar-refractivity contribution in [2.45, 2.75) is 18.6 Å². The minimum atomic E-state index is -1.29. The van der Waals surface area contributed by atoms with Crippen LogP contribution < -0.4 is 4.74 Å². The lowest BCUT2D eigenvalue weighted by atomic mass is 9.87. The van der Waals surface area contributed by atoms with Crippen LogP contribution in [0.1, 0.15) is 11.1 Å². The van der Waals surface area contributed by atoms with Crippen LogP contribution in [-0.4, -0.2) is 19.9 Å². The van der Waals surface area contributed by atoms with Gasteiger partial charge in [0.25, 0.3) is 0 Å². The first-order valence-electron chi connectivity index (χ1n) is 9.34. The second-order valence-corrected chi connectivity index (χ2v) is 7.83. The van der Waals surface area contributed by atoms with Crippen LogP contribution in [0, 0.1) is 0 Å². The van der Waals surface area contributed by atoms with E-state index in [0.717, 1.165) is 5.56 Å². The third-order valence-corrected chi connectivity index (χ3v) is 5.29. The SMILES string of the molecule is OC(Cc1ccccc1)(Cn1cncn1)c1ccc(Oc2ccc(Cl)cc2)cc1Cl. The Morgan fingerprint density at radius 1 is 0.933 bits per heavy atom. The molecule has 3 aromatic carbocycles. The molecule has 152 valence electrons. The van der Waals surface area contributed by atoms with E-state index in [-0.39, 0.29) is 6.54 Å². The van der Waals surface area contributed by atoms with E-state index < -0.39 is 5.60 Å². The van der Waals surface area contributed by atoms with E-state index in [1.165, 1.54) is 6.33 Å². The monoisotopic (exact) mass is 439 g/mol. The predicted molar refractivity (Wildman–Crippen MR) is 117 cm³/mol. The number of nitrogens with zero attached hydrogens (tertiary/aromatic N) is 3. The fraction of sp³-hybridized carbons (Fsp3) is 0.130.